The van der Waals surface area contributed by atoms with Gasteiger partial charge in [-0.3, -0.25) is 0 Å². The molecule has 0 saturated carbocycles. The Morgan fingerprint density at radius 3 is 2.25 bits per heavy atom. The van der Waals surface area contributed by atoms with E-state index >= 15 is 0 Å². The van der Waals surface area contributed by atoms with Gasteiger partial charge in [-0.25, -0.2) is 4.39 Å². The number of ether oxygens (including phenoxy) is 1. The quantitative estimate of drug-likeness (QED) is 0.125. The van der Waals surface area contributed by atoms with Crippen LogP contribution in [0.4, 0.5) is 8.78 Å². The molecule has 0 radical (unpaired) electrons. The molecule has 0 aliphatic rings. The van der Waals surface area contributed by atoms with Crippen molar-refractivity contribution in [3.05, 3.63) is 94.1 Å². The standard InChI is InChI=1S/C25H21F2N3O2/c1-2-16-3-5-17(6-4-16)18-7-9-19(10-8-18)22-14-20-13-21(15-31-12-11-29-30-28)32-25(20)24(27)23(22)26/h3-10,13-14H,2,11-12,15H2,1H3. The monoisotopic (exact) mass is 433 g/mol. The third-order valence-electron chi connectivity index (χ3n) is 5.27. The first-order valence-electron chi connectivity index (χ1n) is 10.3. The highest BCUT2D eigenvalue weighted by Crippen LogP contribution is 2.33. The predicted octanol–water partition coefficient (Wildman–Crippen LogP) is 7.43. The van der Waals surface area contributed by atoms with Gasteiger partial charge in [0.05, 0.1) is 6.61 Å². The minimum atomic E-state index is -1.03. The van der Waals surface area contributed by atoms with Crippen LogP contribution in [0.25, 0.3) is 43.7 Å². The van der Waals surface area contributed by atoms with Gasteiger partial charge in [0.25, 0.3) is 0 Å². The van der Waals surface area contributed by atoms with Crippen molar-refractivity contribution in [1.82, 2.24) is 0 Å². The average Bonchev–Trinajstić information content (AvgIpc) is 3.24. The number of halogens is 2. The molecule has 0 saturated heterocycles. The third-order valence-corrected chi connectivity index (χ3v) is 5.27. The molecule has 0 spiro atoms. The molecule has 0 bridgehead atoms. The second-order valence-electron chi connectivity index (χ2n) is 7.32. The highest BCUT2D eigenvalue weighted by Gasteiger charge is 2.19. The Hall–Kier alpha value is -3.67. The number of azide groups is 1. The average molecular weight is 433 g/mol. The largest absolute Gasteiger partial charge is 0.455 e. The number of nitrogens with zero attached hydrogens (tertiary/aromatic N) is 3. The SMILES string of the molecule is CCc1ccc(-c2ccc(-c3cc4cc(COCCN=[N+]=[N-])oc4c(F)c3F)cc2)cc1. The summed E-state index contributed by atoms with van der Waals surface area (Å²) in [5.41, 5.74) is 12.2. The van der Waals surface area contributed by atoms with E-state index in [2.05, 4.69) is 41.2 Å². The molecule has 32 heavy (non-hydrogen) atoms. The maximum absolute atomic E-state index is 14.8. The van der Waals surface area contributed by atoms with Crippen LogP contribution in [-0.2, 0) is 17.8 Å². The molecule has 0 N–H and O–H groups in total. The molecule has 1 aromatic heterocycles. The van der Waals surface area contributed by atoms with Crippen molar-refractivity contribution < 1.29 is 17.9 Å². The second kappa shape index (κ2) is 9.64. The minimum Gasteiger partial charge on any atom is -0.455 e. The number of furan rings is 1. The highest BCUT2D eigenvalue weighted by atomic mass is 19.2. The van der Waals surface area contributed by atoms with Crippen molar-refractivity contribution in [1.29, 1.82) is 0 Å². The van der Waals surface area contributed by atoms with Gasteiger partial charge in [-0.2, -0.15) is 4.39 Å². The zero-order chi connectivity index (χ0) is 22.5. The molecule has 4 aromatic rings. The summed E-state index contributed by atoms with van der Waals surface area (Å²) in [7, 11) is 0. The maximum atomic E-state index is 14.8. The Balaban J connectivity index is 1.59. The summed E-state index contributed by atoms with van der Waals surface area (Å²) in [4.78, 5) is 2.63. The van der Waals surface area contributed by atoms with Crippen molar-refractivity contribution in [3.8, 4) is 22.3 Å². The Bertz CT molecular complexity index is 1280. The highest BCUT2D eigenvalue weighted by molar-refractivity contribution is 5.85. The predicted molar refractivity (Wildman–Crippen MR) is 120 cm³/mol. The lowest BCUT2D eigenvalue weighted by molar-refractivity contribution is 0.114. The summed E-state index contributed by atoms with van der Waals surface area (Å²) in [6.45, 7) is 2.56. The van der Waals surface area contributed by atoms with Gasteiger partial charge in [-0.15, -0.1) is 0 Å². The minimum absolute atomic E-state index is 0.0670. The van der Waals surface area contributed by atoms with E-state index in [1.165, 1.54) is 5.56 Å². The van der Waals surface area contributed by atoms with Gasteiger partial charge in [0.2, 0.25) is 5.82 Å². The van der Waals surface area contributed by atoms with Crippen LogP contribution in [0.1, 0.15) is 18.2 Å². The number of benzene rings is 3. The first-order chi connectivity index (χ1) is 15.6. The molecule has 0 aliphatic heterocycles. The molecular formula is C25H21F2N3O2. The van der Waals surface area contributed by atoms with Gasteiger partial charge in [0.15, 0.2) is 11.4 Å². The summed E-state index contributed by atoms with van der Waals surface area (Å²) in [5.74, 6) is -1.62. The Kier molecular flexibility index (Phi) is 6.50. The van der Waals surface area contributed by atoms with Gasteiger partial charge in [0.1, 0.15) is 12.4 Å². The van der Waals surface area contributed by atoms with Gasteiger partial charge < -0.3 is 9.15 Å². The fraction of sp³-hybridized carbons (Fsp3) is 0.200. The zero-order valence-corrected chi connectivity index (χ0v) is 17.5. The first-order valence-corrected chi connectivity index (χ1v) is 10.3. The van der Waals surface area contributed by atoms with Crippen LogP contribution in [0.15, 0.2) is 70.2 Å². The number of hydrogen-bond acceptors (Lipinski definition) is 3. The summed E-state index contributed by atoms with van der Waals surface area (Å²) in [6, 6.07) is 18.9. The third kappa shape index (κ3) is 4.49. The van der Waals surface area contributed by atoms with Crippen LogP contribution < -0.4 is 0 Å². The molecule has 3 aromatic carbocycles. The molecule has 7 heteroatoms. The van der Waals surface area contributed by atoms with Crippen LogP contribution in [0, 0.1) is 11.6 Å². The number of rotatable bonds is 8. The van der Waals surface area contributed by atoms with E-state index in [1.54, 1.807) is 24.3 Å². The van der Waals surface area contributed by atoms with Crippen LogP contribution in [0.2, 0.25) is 0 Å². The smallest absolute Gasteiger partial charge is 0.202 e. The van der Waals surface area contributed by atoms with E-state index in [4.69, 9.17) is 14.7 Å². The van der Waals surface area contributed by atoms with Gasteiger partial charge in [-0.05, 0) is 46.3 Å². The van der Waals surface area contributed by atoms with E-state index in [0.717, 1.165) is 17.5 Å². The fourth-order valence-electron chi connectivity index (χ4n) is 3.55. The molecule has 0 aliphatic carbocycles. The molecule has 4 rings (SSSR count). The Labute approximate surface area is 183 Å². The van der Waals surface area contributed by atoms with Crippen molar-refractivity contribution in [2.24, 2.45) is 5.11 Å². The molecule has 162 valence electrons. The van der Waals surface area contributed by atoms with Crippen LogP contribution in [0.3, 0.4) is 0 Å². The normalized spacial score (nSPS) is 11.0. The van der Waals surface area contributed by atoms with E-state index in [1.807, 2.05) is 12.1 Å². The van der Waals surface area contributed by atoms with Crippen LogP contribution in [0.5, 0.6) is 0 Å². The lowest BCUT2D eigenvalue weighted by Gasteiger charge is -2.08. The fourth-order valence-corrected chi connectivity index (χ4v) is 3.55. The molecular weight excluding hydrogens is 412 g/mol. The molecule has 5 nitrogen and oxygen atoms in total. The molecule has 0 fully saturated rings. The summed E-state index contributed by atoms with van der Waals surface area (Å²) >= 11 is 0. The first kappa shape index (κ1) is 21.6. The summed E-state index contributed by atoms with van der Waals surface area (Å²) < 4.78 is 40.3. The van der Waals surface area contributed by atoms with E-state index in [-0.39, 0.29) is 30.9 Å². The van der Waals surface area contributed by atoms with Crippen LogP contribution >= 0.6 is 0 Å². The topological polar surface area (TPSA) is 71.1 Å². The lowest BCUT2D eigenvalue weighted by Crippen LogP contribution is -1.96. The second-order valence-corrected chi connectivity index (χ2v) is 7.32. The van der Waals surface area contributed by atoms with Gasteiger partial charge in [0, 0.05) is 22.4 Å². The molecule has 0 atom stereocenters. The van der Waals surface area contributed by atoms with E-state index < -0.39 is 11.6 Å². The van der Waals surface area contributed by atoms with Crippen molar-refractivity contribution >= 4 is 11.0 Å². The number of fused-ring (bicyclic) bond motifs is 1. The van der Waals surface area contributed by atoms with Crippen molar-refractivity contribution in [2.75, 3.05) is 13.2 Å². The Morgan fingerprint density at radius 2 is 1.59 bits per heavy atom. The van der Waals surface area contributed by atoms with Crippen molar-refractivity contribution in [3.63, 3.8) is 0 Å². The zero-order valence-electron chi connectivity index (χ0n) is 17.5. The van der Waals surface area contributed by atoms with Gasteiger partial charge in [-0.1, -0.05) is 60.6 Å². The molecule has 1 heterocycles. The summed E-state index contributed by atoms with van der Waals surface area (Å²) in [6.07, 6.45) is 0.976. The Morgan fingerprint density at radius 1 is 0.938 bits per heavy atom. The van der Waals surface area contributed by atoms with Crippen molar-refractivity contribution in [2.45, 2.75) is 20.0 Å². The molecule has 0 amide bonds. The maximum Gasteiger partial charge on any atom is 0.202 e. The van der Waals surface area contributed by atoms with Crippen LogP contribution in [-0.4, -0.2) is 13.2 Å². The van der Waals surface area contributed by atoms with E-state index in [9.17, 15) is 8.78 Å². The lowest BCUT2D eigenvalue weighted by atomic mass is 9.98. The number of aryl methyl sites for hydroxylation is 1. The van der Waals surface area contributed by atoms with Gasteiger partial charge >= 0.3 is 0 Å². The summed E-state index contributed by atoms with van der Waals surface area (Å²) in [5, 5.41) is 3.82. The molecule has 0 unspecified atom stereocenters. The van der Waals surface area contributed by atoms with E-state index in [0.29, 0.717) is 16.7 Å². The number of hydrogen-bond donors (Lipinski definition) is 0.